The first-order chi connectivity index (χ1) is 13.4. The van der Waals surface area contributed by atoms with E-state index in [9.17, 15) is 18.0 Å². The molecule has 0 bridgehead atoms. The van der Waals surface area contributed by atoms with Crippen molar-refractivity contribution in [3.8, 4) is 0 Å². The molecule has 1 fully saturated rings. The van der Waals surface area contributed by atoms with Crippen LogP contribution in [0.5, 0.6) is 0 Å². The fourth-order valence-electron chi connectivity index (χ4n) is 2.89. The summed E-state index contributed by atoms with van der Waals surface area (Å²) in [4.78, 5) is 24.8. The highest BCUT2D eigenvalue weighted by atomic mass is 79.9. The molecule has 1 aliphatic rings. The van der Waals surface area contributed by atoms with Crippen LogP contribution in [0.3, 0.4) is 0 Å². The van der Waals surface area contributed by atoms with Crippen LogP contribution in [0.25, 0.3) is 0 Å². The van der Waals surface area contributed by atoms with E-state index < -0.39 is 21.8 Å². The third kappa shape index (κ3) is 4.99. The van der Waals surface area contributed by atoms with E-state index in [1.165, 1.54) is 39.9 Å². The molecule has 28 heavy (non-hydrogen) atoms. The number of amides is 2. The Balaban J connectivity index is 1.63. The molecule has 2 amide bonds. The summed E-state index contributed by atoms with van der Waals surface area (Å²) in [5, 5.41) is 0. The zero-order valence-electron chi connectivity index (χ0n) is 15.0. The number of rotatable bonds is 4. The molecule has 2 N–H and O–H groups in total. The van der Waals surface area contributed by atoms with Crippen molar-refractivity contribution in [3.05, 3.63) is 50.6 Å². The molecule has 1 aromatic carbocycles. The summed E-state index contributed by atoms with van der Waals surface area (Å²) >= 11 is 4.52. The number of thiophene rings is 1. The minimum Gasteiger partial charge on any atom is -0.267 e. The van der Waals surface area contributed by atoms with Gasteiger partial charge in [0.25, 0.3) is 11.8 Å². The van der Waals surface area contributed by atoms with E-state index in [-0.39, 0.29) is 10.5 Å². The number of nitrogens with one attached hydrogen (secondary N) is 2. The smallest absolute Gasteiger partial charge is 0.267 e. The lowest BCUT2D eigenvalue weighted by molar-refractivity contribution is 0.0849. The minimum absolute atomic E-state index is 0.165. The molecule has 1 aliphatic heterocycles. The third-order valence-corrected chi connectivity index (χ3v) is 7.94. The summed E-state index contributed by atoms with van der Waals surface area (Å²) in [6.07, 6.45) is 3.80. The predicted octanol–water partition coefficient (Wildman–Crippen LogP) is 3.15. The quantitative estimate of drug-likeness (QED) is 0.650. The van der Waals surface area contributed by atoms with Crippen molar-refractivity contribution in [2.75, 3.05) is 13.1 Å². The van der Waals surface area contributed by atoms with Crippen LogP contribution in [0.2, 0.25) is 0 Å². The Labute approximate surface area is 176 Å². The van der Waals surface area contributed by atoms with E-state index in [2.05, 4.69) is 26.8 Å². The van der Waals surface area contributed by atoms with Gasteiger partial charge < -0.3 is 0 Å². The molecule has 0 unspecified atom stereocenters. The molecular formula is C18H20BrN3O4S2. The zero-order chi connectivity index (χ0) is 20.1. The van der Waals surface area contributed by atoms with Crippen LogP contribution in [-0.2, 0) is 10.0 Å². The Bertz CT molecular complexity index is 949. The third-order valence-electron chi connectivity index (χ3n) is 4.41. The maximum atomic E-state index is 12.8. The van der Waals surface area contributed by atoms with Crippen LogP contribution in [-0.4, -0.2) is 37.6 Å². The molecule has 10 heteroatoms. The fraction of sp³-hybridized carbons (Fsp3) is 0.333. The van der Waals surface area contributed by atoms with Gasteiger partial charge in [-0.15, -0.1) is 11.3 Å². The maximum absolute atomic E-state index is 12.8. The Hall–Kier alpha value is -1.75. The predicted molar refractivity (Wildman–Crippen MR) is 111 cm³/mol. The molecule has 0 atom stereocenters. The molecule has 2 aromatic rings. The molecule has 3 rings (SSSR count). The van der Waals surface area contributed by atoms with Crippen LogP contribution >= 0.6 is 27.3 Å². The van der Waals surface area contributed by atoms with Crippen molar-refractivity contribution in [1.82, 2.24) is 15.2 Å². The number of carbonyl (C=O) groups is 2. The van der Waals surface area contributed by atoms with Crippen molar-refractivity contribution in [2.45, 2.75) is 30.6 Å². The first kappa shape index (κ1) is 21.0. The minimum atomic E-state index is -3.56. The summed E-state index contributed by atoms with van der Waals surface area (Å²) in [6.45, 7) is 1.05. The van der Waals surface area contributed by atoms with Crippen molar-refractivity contribution in [3.63, 3.8) is 0 Å². The van der Waals surface area contributed by atoms with Crippen molar-refractivity contribution < 1.29 is 18.0 Å². The monoisotopic (exact) mass is 485 g/mol. The first-order valence-electron chi connectivity index (χ1n) is 8.84. The van der Waals surface area contributed by atoms with Crippen LogP contribution in [0.15, 0.2) is 45.1 Å². The molecule has 7 nitrogen and oxygen atoms in total. The summed E-state index contributed by atoms with van der Waals surface area (Å²) < 4.78 is 27.8. The number of nitrogens with zero attached hydrogens (tertiary/aromatic N) is 1. The summed E-state index contributed by atoms with van der Waals surface area (Å²) in [5.41, 5.74) is 4.92. The van der Waals surface area contributed by atoms with Gasteiger partial charge in [0, 0.05) is 18.7 Å². The van der Waals surface area contributed by atoms with Crippen LogP contribution in [0, 0.1) is 0 Å². The standard InChI is InChI=1S/C18H20BrN3O4S2/c19-16-10-9-15(27-16)18(24)21-20-17(23)13-5-7-14(8-6-13)28(25,26)22-11-3-1-2-4-12-22/h5-10H,1-4,11-12H2,(H,20,23)(H,21,24). The van der Waals surface area contributed by atoms with Gasteiger partial charge in [-0.05, 0) is 65.2 Å². The highest BCUT2D eigenvalue weighted by Gasteiger charge is 2.25. The largest absolute Gasteiger partial charge is 0.279 e. The Kier molecular flexibility index (Phi) is 6.86. The van der Waals surface area contributed by atoms with Crippen molar-refractivity contribution >= 4 is 49.1 Å². The molecule has 1 saturated heterocycles. The first-order valence-corrected chi connectivity index (χ1v) is 11.9. The molecular weight excluding hydrogens is 466 g/mol. The fourth-order valence-corrected chi connectivity index (χ4v) is 5.69. The van der Waals surface area contributed by atoms with Gasteiger partial charge in [-0.1, -0.05) is 12.8 Å². The Morgan fingerprint density at radius 3 is 2.07 bits per heavy atom. The Morgan fingerprint density at radius 2 is 1.50 bits per heavy atom. The van der Waals surface area contributed by atoms with E-state index in [0.29, 0.717) is 18.0 Å². The van der Waals surface area contributed by atoms with E-state index in [1.807, 2.05) is 0 Å². The lowest BCUT2D eigenvalue weighted by Crippen LogP contribution is -2.41. The number of hydrogen-bond acceptors (Lipinski definition) is 5. The Morgan fingerprint density at radius 1 is 0.893 bits per heavy atom. The van der Waals surface area contributed by atoms with Crippen LogP contribution in [0.1, 0.15) is 45.7 Å². The average Bonchev–Trinajstić information content (AvgIpc) is 2.94. The molecule has 0 aliphatic carbocycles. The van der Waals surface area contributed by atoms with Gasteiger partial charge in [-0.25, -0.2) is 8.42 Å². The van der Waals surface area contributed by atoms with Crippen molar-refractivity contribution in [2.24, 2.45) is 0 Å². The second kappa shape index (κ2) is 9.17. The van der Waals surface area contributed by atoms with E-state index in [0.717, 1.165) is 29.5 Å². The van der Waals surface area contributed by atoms with Gasteiger partial charge in [0.2, 0.25) is 10.0 Å². The average molecular weight is 486 g/mol. The lowest BCUT2D eigenvalue weighted by Gasteiger charge is -2.20. The van der Waals surface area contributed by atoms with E-state index in [1.54, 1.807) is 12.1 Å². The van der Waals surface area contributed by atoms with Gasteiger partial charge >= 0.3 is 0 Å². The summed E-state index contributed by atoms with van der Waals surface area (Å²) in [6, 6.07) is 9.10. The summed E-state index contributed by atoms with van der Waals surface area (Å²) in [7, 11) is -3.56. The van der Waals surface area contributed by atoms with Gasteiger partial charge in [0.1, 0.15) is 0 Å². The highest BCUT2D eigenvalue weighted by Crippen LogP contribution is 2.22. The molecule has 2 heterocycles. The van der Waals surface area contributed by atoms with Crippen LogP contribution in [0.4, 0.5) is 0 Å². The number of sulfonamides is 1. The van der Waals surface area contributed by atoms with Gasteiger partial charge in [0.15, 0.2) is 0 Å². The molecule has 0 saturated carbocycles. The van der Waals surface area contributed by atoms with E-state index in [4.69, 9.17) is 0 Å². The normalized spacial score (nSPS) is 15.6. The maximum Gasteiger partial charge on any atom is 0.279 e. The summed E-state index contributed by atoms with van der Waals surface area (Å²) in [5.74, 6) is -0.952. The van der Waals surface area contributed by atoms with Crippen LogP contribution < -0.4 is 10.9 Å². The molecule has 1 aromatic heterocycles. The van der Waals surface area contributed by atoms with E-state index >= 15 is 0 Å². The molecule has 150 valence electrons. The number of benzene rings is 1. The topological polar surface area (TPSA) is 95.6 Å². The molecule has 0 radical (unpaired) electrons. The second-order valence-electron chi connectivity index (χ2n) is 6.35. The lowest BCUT2D eigenvalue weighted by atomic mass is 10.2. The van der Waals surface area contributed by atoms with Gasteiger partial charge in [-0.2, -0.15) is 4.31 Å². The number of hydrogen-bond donors (Lipinski definition) is 2. The van der Waals surface area contributed by atoms with Crippen molar-refractivity contribution in [1.29, 1.82) is 0 Å². The number of halogens is 1. The zero-order valence-corrected chi connectivity index (χ0v) is 18.2. The number of hydrazine groups is 1. The van der Waals surface area contributed by atoms with Gasteiger partial charge in [-0.3, -0.25) is 20.4 Å². The molecule has 0 spiro atoms. The second-order valence-corrected chi connectivity index (χ2v) is 10.8. The number of carbonyl (C=O) groups excluding carboxylic acids is 2. The van der Waals surface area contributed by atoms with Gasteiger partial charge in [0.05, 0.1) is 13.6 Å². The SMILES string of the molecule is O=C(NNC(=O)c1ccc(Br)s1)c1ccc(S(=O)(=O)N2CCCCCC2)cc1. The highest BCUT2D eigenvalue weighted by molar-refractivity contribution is 9.11.